The molecule has 1 aromatic carbocycles. The van der Waals surface area contributed by atoms with Gasteiger partial charge in [0.2, 0.25) is 0 Å². The van der Waals surface area contributed by atoms with Gasteiger partial charge in [-0.3, -0.25) is 14.6 Å². The summed E-state index contributed by atoms with van der Waals surface area (Å²) in [6.45, 7) is 1.57. The second-order valence-corrected chi connectivity index (χ2v) is 7.76. The fraction of sp³-hybridized carbons (Fsp3) is 0.438. The first kappa shape index (κ1) is 15.7. The summed E-state index contributed by atoms with van der Waals surface area (Å²) in [5, 5.41) is 14.4. The van der Waals surface area contributed by atoms with Gasteiger partial charge in [-0.2, -0.15) is 9.78 Å². The molecule has 0 N–H and O–H groups in total. The Hall–Kier alpha value is -2.49. The van der Waals surface area contributed by atoms with E-state index in [1.807, 2.05) is 0 Å². The molecule has 3 aliphatic rings. The molecule has 134 valence electrons. The fourth-order valence-electron chi connectivity index (χ4n) is 3.56. The number of alkyl halides is 1. The molecule has 1 aromatic heterocycles. The van der Waals surface area contributed by atoms with Gasteiger partial charge in [0, 0.05) is 19.2 Å². The van der Waals surface area contributed by atoms with Crippen molar-refractivity contribution < 1.29 is 9.53 Å². The highest BCUT2D eigenvalue weighted by Gasteiger charge is 2.37. The van der Waals surface area contributed by atoms with Gasteiger partial charge < -0.3 is 9.64 Å². The Morgan fingerprint density at radius 2 is 2.19 bits per heavy atom. The number of ether oxygens (including phenoxy) is 1. The van der Waals surface area contributed by atoms with Crippen LogP contribution >= 0.6 is 15.9 Å². The van der Waals surface area contributed by atoms with E-state index in [9.17, 15) is 9.59 Å². The van der Waals surface area contributed by atoms with Gasteiger partial charge in [0.15, 0.2) is 6.23 Å². The van der Waals surface area contributed by atoms with Crippen LogP contribution in [0.1, 0.15) is 23.2 Å². The van der Waals surface area contributed by atoms with E-state index in [0.29, 0.717) is 35.3 Å². The molecule has 1 fully saturated rings. The van der Waals surface area contributed by atoms with Gasteiger partial charge in [-0.25, -0.2) is 0 Å². The molecule has 2 unspecified atom stereocenters. The number of benzene rings is 1. The average molecular weight is 419 g/mol. The lowest BCUT2D eigenvalue weighted by molar-refractivity contribution is 0.0295. The SMILES string of the molecule is O=C1c2cc3nnn(CN4CC(Br)C=N4)c(=O)c3cc2OC2CCCN12. The van der Waals surface area contributed by atoms with Crippen LogP contribution in [-0.4, -0.2) is 61.2 Å². The third-order valence-corrected chi connectivity index (χ3v) is 5.38. The molecular weight excluding hydrogens is 404 g/mol. The van der Waals surface area contributed by atoms with E-state index in [0.717, 1.165) is 12.8 Å². The van der Waals surface area contributed by atoms with Crippen molar-refractivity contribution in [2.75, 3.05) is 13.1 Å². The van der Waals surface area contributed by atoms with Gasteiger partial charge in [-0.1, -0.05) is 21.1 Å². The van der Waals surface area contributed by atoms with Crippen molar-refractivity contribution in [1.82, 2.24) is 24.9 Å². The smallest absolute Gasteiger partial charge is 0.279 e. The standard InChI is InChI=1S/C16H15BrN6O3/c17-9-6-18-21(7-9)8-23-16(25)10-5-13-11(4-12(10)19-20-23)15(24)22-3-1-2-14(22)26-13/h4-6,9,14H,1-3,7-8H2. The molecule has 1 saturated heterocycles. The Morgan fingerprint density at radius 3 is 3.00 bits per heavy atom. The molecule has 0 aliphatic carbocycles. The maximum Gasteiger partial charge on any atom is 0.279 e. The highest BCUT2D eigenvalue weighted by molar-refractivity contribution is 9.10. The van der Waals surface area contributed by atoms with E-state index < -0.39 is 0 Å². The number of carbonyl (C=O) groups is 1. The van der Waals surface area contributed by atoms with E-state index in [1.165, 1.54) is 4.68 Å². The Morgan fingerprint density at radius 1 is 1.31 bits per heavy atom. The van der Waals surface area contributed by atoms with E-state index in [2.05, 4.69) is 31.3 Å². The molecule has 26 heavy (non-hydrogen) atoms. The zero-order valence-electron chi connectivity index (χ0n) is 13.7. The highest BCUT2D eigenvalue weighted by Crippen LogP contribution is 2.34. The van der Waals surface area contributed by atoms with E-state index in [-0.39, 0.29) is 29.2 Å². The van der Waals surface area contributed by atoms with E-state index >= 15 is 0 Å². The fourth-order valence-corrected chi connectivity index (χ4v) is 4.00. The van der Waals surface area contributed by atoms with Crippen LogP contribution in [0.3, 0.4) is 0 Å². The lowest BCUT2D eigenvalue weighted by atomic mass is 10.1. The maximum atomic E-state index is 12.8. The lowest BCUT2D eigenvalue weighted by Gasteiger charge is -2.31. The second kappa shape index (κ2) is 5.76. The summed E-state index contributed by atoms with van der Waals surface area (Å²) in [5.74, 6) is 0.374. The summed E-state index contributed by atoms with van der Waals surface area (Å²) in [5.41, 5.74) is 0.548. The Bertz CT molecular complexity index is 1010. The average Bonchev–Trinajstić information content (AvgIpc) is 3.26. The molecule has 0 radical (unpaired) electrons. The van der Waals surface area contributed by atoms with Crippen LogP contribution in [0, 0.1) is 0 Å². The van der Waals surface area contributed by atoms with Crippen LogP contribution in [0.5, 0.6) is 5.75 Å². The number of hydrogen-bond donors (Lipinski definition) is 0. The van der Waals surface area contributed by atoms with Crippen molar-refractivity contribution in [3.05, 3.63) is 28.0 Å². The van der Waals surface area contributed by atoms with E-state index in [1.54, 1.807) is 28.3 Å². The summed E-state index contributed by atoms with van der Waals surface area (Å²) in [6.07, 6.45) is 3.26. The molecule has 2 atom stereocenters. The van der Waals surface area contributed by atoms with Crippen LogP contribution in [0.15, 0.2) is 22.0 Å². The van der Waals surface area contributed by atoms with Crippen molar-refractivity contribution in [2.24, 2.45) is 5.10 Å². The Labute approximate surface area is 156 Å². The number of rotatable bonds is 2. The Balaban J connectivity index is 1.55. The first-order chi connectivity index (χ1) is 12.6. The highest BCUT2D eigenvalue weighted by atomic mass is 79.9. The van der Waals surface area contributed by atoms with Crippen molar-refractivity contribution in [2.45, 2.75) is 30.6 Å². The third-order valence-electron chi connectivity index (χ3n) is 4.85. The first-order valence-corrected chi connectivity index (χ1v) is 9.34. The molecule has 5 rings (SSSR count). The van der Waals surface area contributed by atoms with Crippen molar-refractivity contribution in [3.8, 4) is 5.75 Å². The molecule has 10 heteroatoms. The summed E-state index contributed by atoms with van der Waals surface area (Å²) in [7, 11) is 0. The summed E-state index contributed by atoms with van der Waals surface area (Å²) >= 11 is 3.45. The summed E-state index contributed by atoms with van der Waals surface area (Å²) in [6, 6.07) is 3.22. The van der Waals surface area contributed by atoms with Crippen LogP contribution < -0.4 is 10.3 Å². The lowest BCUT2D eigenvalue weighted by Crippen LogP contribution is -2.43. The quantitative estimate of drug-likeness (QED) is 0.668. The molecule has 1 amide bonds. The topological polar surface area (TPSA) is 92.9 Å². The molecule has 0 bridgehead atoms. The molecule has 9 nitrogen and oxygen atoms in total. The number of hydrazone groups is 1. The molecular formula is C16H15BrN6O3. The van der Waals surface area contributed by atoms with Crippen molar-refractivity contribution >= 4 is 39.0 Å². The molecule has 4 heterocycles. The van der Waals surface area contributed by atoms with Crippen molar-refractivity contribution in [3.63, 3.8) is 0 Å². The van der Waals surface area contributed by atoms with Crippen LogP contribution in [0.25, 0.3) is 10.9 Å². The van der Waals surface area contributed by atoms with Crippen molar-refractivity contribution in [1.29, 1.82) is 0 Å². The monoisotopic (exact) mass is 418 g/mol. The van der Waals surface area contributed by atoms with Gasteiger partial charge in [-0.15, -0.1) is 5.10 Å². The zero-order chi connectivity index (χ0) is 17.8. The predicted molar refractivity (Wildman–Crippen MR) is 96.4 cm³/mol. The molecule has 3 aliphatic heterocycles. The first-order valence-electron chi connectivity index (χ1n) is 8.42. The number of hydrogen-bond acceptors (Lipinski definition) is 7. The van der Waals surface area contributed by atoms with Gasteiger partial charge in [-0.05, 0) is 18.6 Å². The number of nitrogens with zero attached hydrogens (tertiary/aromatic N) is 6. The second-order valence-electron chi connectivity index (χ2n) is 6.58. The maximum absolute atomic E-state index is 12.8. The summed E-state index contributed by atoms with van der Waals surface area (Å²) in [4.78, 5) is 27.3. The minimum absolute atomic E-state index is 0.0728. The zero-order valence-corrected chi connectivity index (χ0v) is 15.3. The normalized spacial score (nSPS) is 24.1. The minimum Gasteiger partial charge on any atom is -0.470 e. The van der Waals surface area contributed by atoms with Gasteiger partial charge in [0.25, 0.3) is 11.5 Å². The largest absolute Gasteiger partial charge is 0.470 e. The third kappa shape index (κ3) is 2.39. The number of aromatic nitrogens is 3. The van der Waals surface area contributed by atoms with E-state index in [4.69, 9.17) is 4.74 Å². The van der Waals surface area contributed by atoms with Crippen LogP contribution in [-0.2, 0) is 6.67 Å². The van der Waals surface area contributed by atoms with Gasteiger partial charge in [0.05, 0.1) is 22.3 Å². The van der Waals surface area contributed by atoms with Gasteiger partial charge >= 0.3 is 0 Å². The molecule has 2 aromatic rings. The number of amides is 1. The number of carbonyl (C=O) groups excluding carboxylic acids is 1. The predicted octanol–water partition coefficient (Wildman–Crippen LogP) is 0.768. The number of fused-ring (bicyclic) bond motifs is 3. The molecule has 0 spiro atoms. The minimum atomic E-state index is -0.282. The van der Waals surface area contributed by atoms with Crippen LogP contribution in [0.4, 0.5) is 0 Å². The Kier molecular flexibility index (Phi) is 3.49. The van der Waals surface area contributed by atoms with Crippen LogP contribution in [0.2, 0.25) is 0 Å². The number of halogens is 1. The molecule has 0 saturated carbocycles. The summed E-state index contributed by atoms with van der Waals surface area (Å²) < 4.78 is 7.21. The van der Waals surface area contributed by atoms with Gasteiger partial charge in [0.1, 0.15) is 17.9 Å².